The minimum atomic E-state index is 0.543. The van der Waals surface area contributed by atoms with Gasteiger partial charge in [0.15, 0.2) is 0 Å². The van der Waals surface area contributed by atoms with E-state index in [1.165, 1.54) is 30.4 Å². The highest BCUT2D eigenvalue weighted by atomic mass is 15.2. The Hall–Kier alpha value is -0.860. The number of nitrogens with zero attached hydrogens (tertiary/aromatic N) is 1. The molecule has 1 fully saturated rings. The van der Waals surface area contributed by atoms with Crippen molar-refractivity contribution >= 4 is 0 Å². The zero-order valence-electron chi connectivity index (χ0n) is 13.5. The van der Waals surface area contributed by atoms with Crippen molar-refractivity contribution in [2.24, 2.45) is 0 Å². The quantitative estimate of drug-likeness (QED) is 0.845. The molecule has 0 radical (unpaired) electrons. The summed E-state index contributed by atoms with van der Waals surface area (Å²) < 4.78 is 0. The SMILES string of the molecule is CCC1CCC(C)N1Cc1cccc(CNC(C)C)c1. The highest BCUT2D eigenvalue weighted by molar-refractivity contribution is 5.23. The molecule has 2 heteroatoms. The monoisotopic (exact) mass is 274 g/mol. The normalized spacial score (nSPS) is 23.6. The summed E-state index contributed by atoms with van der Waals surface area (Å²) in [5.74, 6) is 0. The lowest BCUT2D eigenvalue weighted by Crippen LogP contribution is -2.33. The van der Waals surface area contributed by atoms with Crippen LogP contribution in [0.2, 0.25) is 0 Å². The van der Waals surface area contributed by atoms with Gasteiger partial charge in [0.25, 0.3) is 0 Å². The van der Waals surface area contributed by atoms with E-state index in [4.69, 9.17) is 0 Å². The van der Waals surface area contributed by atoms with Gasteiger partial charge in [-0.25, -0.2) is 0 Å². The fourth-order valence-corrected chi connectivity index (χ4v) is 3.22. The van der Waals surface area contributed by atoms with E-state index in [0.29, 0.717) is 6.04 Å². The molecule has 2 rings (SSSR count). The Bertz CT molecular complexity index is 414. The molecule has 1 aliphatic rings. The van der Waals surface area contributed by atoms with Crippen molar-refractivity contribution in [3.63, 3.8) is 0 Å². The lowest BCUT2D eigenvalue weighted by atomic mass is 10.1. The highest BCUT2D eigenvalue weighted by Crippen LogP contribution is 2.27. The molecule has 0 saturated carbocycles. The van der Waals surface area contributed by atoms with E-state index in [9.17, 15) is 0 Å². The van der Waals surface area contributed by atoms with Crippen LogP contribution in [0.3, 0.4) is 0 Å². The molecular formula is C18H30N2. The van der Waals surface area contributed by atoms with Gasteiger partial charge in [-0.3, -0.25) is 4.90 Å². The molecule has 0 spiro atoms. The molecule has 0 aliphatic carbocycles. The van der Waals surface area contributed by atoms with Gasteiger partial charge in [0.2, 0.25) is 0 Å². The summed E-state index contributed by atoms with van der Waals surface area (Å²) in [7, 11) is 0. The van der Waals surface area contributed by atoms with Crippen LogP contribution >= 0.6 is 0 Å². The summed E-state index contributed by atoms with van der Waals surface area (Å²) in [6.45, 7) is 11.2. The van der Waals surface area contributed by atoms with Crippen LogP contribution in [0.1, 0.15) is 58.1 Å². The summed E-state index contributed by atoms with van der Waals surface area (Å²) in [5.41, 5.74) is 2.86. The fraction of sp³-hybridized carbons (Fsp3) is 0.667. The van der Waals surface area contributed by atoms with Crippen molar-refractivity contribution in [3.8, 4) is 0 Å². The fourth-order valence-electron chi connectivity index (χ4n) is 3.22. The maximum absolute atomic E-state index is 3.50. The number of benzene rings is 1. The zero-order chi connectivity index (χ0) is 14.5. The summed E-state index contributed by atoms with van der Waals surface area (Å²) in [6, 6.07) is 11.1. The largest absolute Gasteiger partial charge is 0.310 e. The second-order valence-electron chi connectivity index (χ2n) is 6.52. The molecule has 112 valence electrons. The van der Waals surface area contributed by atoms with Crippen molar-refractivity contribution in [1.29, 1.82) is 0 Å². The number of hydrogen-bond donors (Lipinski definition) is 1. The first-order chi connectivity index (χ1) is 9.60. The average molecular weight is 274 g/mol. The Labute approximate surface area is 124 Å². The molecular weight excluding hydrogens is 244 g/mol. The number of nitrogens with one attached hydrogen (secondary N) is 1. The van der Waals surface area contributed by atoms with Crippen molar-refractivity contribution in [2.45, 2.75) is 78.2 Å². The molecule has 2 nitrogen and oxygen atoms in total. The lowest BCUT2D eigenvalue weighted by molar-refractivity contribution is 0.189. The van der Waals surface area contributed by atoms with E-state index in [2.05, 4.69) is 62.2 Å². The maximum atomic E-state index is 3.50. The van der Waals surface area contributed by atoms with E-state index in [0.717, 1.165) is 25.2 Å². The van der Waals surface area contributed by atoms with Crippen LogP contribution in [0.25, 0.3) is 0 Å². The maximum Gasteiger partial charge on any atom is 0.0239 e. The smallest absolute Gasteiger partial charge is 0.0239 e. The summed E-state index contributed by atoms with van der Waals surface area (Å²) >= 11 is 0. The molecule has 0 bridgehead atoms. The molecule has 1 aromatic rings. The van der Waals surface area contributed by atoms with E-state index in [1.807, 2.05) is 0 Å². The van der Waals surface area contributed by atoms with Crippen LogP contribution in [-0.4, -0.2) is 23.0 Å². The minimum Gasteiger partial charge on any atom is -0.310 e. The molecule has 1 aliphatic heterocycles. The van der Waals surface area contributed by atoms with Crippen molar-refractivity contribution in [3.05, 3.63) is 35.4 Å². The van der Waals surface area contributed by atoms with Crippen molar-refractivity contribution in [2.75, 3.05) is 0 Å². The van der Waals surface area contributed by atoms with Gasteiger partial charge in [-0.1, -0.05) is 45.0 Å². The topological polar surface area (TPSA) is 15.3 Å². The van der Waals surface area contributed by atoms with Gasteiger partial charge in [-0.2, -0.15) is 0 Å². The van der Waals surface area contributed by atoms with E-state index in [-0.39, 0.29) is 0 Å². The standard InChI is InChI=1S/C18H30N2/c1-5-18-10-9-15(4)20(18)13-17-8-6-7-16(11-17)12-19-14(2)3/h6-8,11,14-15,18-19H,5,9-10,12-13H2,1-4H3. The van der Waals surface area contributed by atoms with E-state index in [1.54, 1.807) is 0 Å². The zero-order valence-corrected chi connectivity index (χ0v) is 13.5. The summed E-state index contributed by atoms with van der Waals surface area (Å²) in [6.07, 6.45) is 4.00. The van der Waals surface area contributed by atoms with Gasteiger partial charge in [-0.05, 0) is 37.3 Å². The molecule has 1 aromatic carbocycles. The number of hydrogen-bond acceptors (Lipinski definition) is 2. The van der Waals surface area contributed by atoms with E-state index < -0.39 is 0 Å². The van der Waals surface area contributed by atoms with Crippen molar-refractivity contribution in [1.82, 2.24) is 10.2 Å². The molecule has 2 unspecified atom stereocenters. The Morgan fingerprint density at radius 1 is 1.25 bits per heavy atom. The first-order valence-electron chi connectivity index (χ1n) is 8.17. The van der Waals surface area contributed by atoms with Crippen LogP contribution in [0.15, 0.2) is 24.3 Å². The lowest BCUT2D eigenvalue weighted by Gasteiger charge is -2.28. The predicted octanol–water partition coefficient (Wildman–Crippen LogP) is 3.95. The first kappa shape index (κ1) is 15.5. The Kier molecular flexibility index (Phi) is 5.62. The predicted molar refractivity (Wildman–Crippen MR) is 86.7 cm³/mol. The third-order valence-corrected chi connectivity index (χ3v) is 4.50. The average Bonchev–Trinajstić information content (AvgIpc) is 2.78. The van der Waals surface area contributed by atoms with Gasteiger partial charge in [0.05, 0.1) is 0 Å². The second-order valence-corrected chi connectivity index (χ2v) is 6.52. The molecule has 0 amide bonds. The summed E-state index contributed by atoms with van der Waals surface area (Å²) in [5, 5.41) is 3.50. The minimum absolute atomic E-state index is 0.543. The van der Waals surface area contributed by atoms with Gasteiger partial charge in [0.1, 0.15) is 0 Å². The van der Waals surface area contributed by atoms with Gasteiger partial charge in [-0.15, -0.1) is 0 Å². The number of rotatable bonds is 6. The van der Waals surface area contributed by atoms with Crippen LogP contribution in [-0.2, 0) is 13.1 Å². The van der Waals surface area contributed by atoms with Crippen molar-refractivity contribution < 1.29 is 0 Å². The summed E-state index contributed by atoms with van der Waals surface area (Å²) in [4.78, 5) is 2.69. The van der Waals surface area contributed by atoms with Crippen LogP contribution < -0.4 is 5.32 Å². The van der Waals surface area contributed by atoms with Crippen LogP contribution in [0.4, 0.5) is 0 Å². The third-order valence-electron chi connectivity index (χ3n) is 4.50. The first-order valence-corrected chi connectivity index (χ1v) is 8.17. The van der Waals surface area contributed by atoms with Crippen LogP contribution in [0.5, 0.6) is 0 Å². The van der Waals surface area contributed by atoms with Gasteiger partial charge in [0, 0.05) is 31.2 Å². The molecule has 0 aromatic heterocycles. The van der Waals surface area contributed by atoms with Gasteiger partial charge >= 0.3 is 0 Å². The van der Waals surface area contributed by atoms with Gasteiger partial charge < -0.3 is 5.32 Å². The number of likely N-dealkylation sites (tertiary alicyclic amines) is 1. The van der Waals surface area contributed by atoms with Crippen LogP contribution in [0, 0.1) is 0 Å². The Morgan fingerprint density at radius 3 is 2.70 bits per heavy atom. The molecule has 2 atom stereocenters. The molecule has 1 N–H and O–H groups in total. The van der Waals surface area contributed by atoms with E-state index >= 15 is 0 Å². The Balaban J connectivity index is 2.00. The molecule has 1 heterocycles. The highest BCUT2D eigenvalue weighted by Gasteiger charge is 2.28. The molecule has 1 saturated heterocycles. The third kappa shape index (κ3) is 4.07. The second kappa shape index (κ2) is 7.24. The molecule has 20 heavy (non-hydrogen) atoms. The Morgan fingerprint density at radius 2 is 2.00 bits per heavy atom.